The lowest BCUT2D eigenvalue weighted by atomic mass is 10.2. The number of fused-ring (bicyclic) bond motifs is 1. The van der Waals surface area contributed by atoms with Crippen LogP contribution in [0.4, 0.5) is 23.9 Å². The van der Waals surface area contributed by atoms with Crippen LogP contribution in [0.2, 0.25) is 0 Å². The average Bonchev–Trinajstić information content (AvgIpc) is 3.00. The molecular weight excluding hydrogens is 339 g/mol. The lowest BCUT2D eigenvalue weighted by Gasteiger charge is -2.11. The fraction of sp³-hybridized carbons (Fsp3) is 0.125. The molecule has 3 aromatic rings. The van der Waals surface area contributed by atoms with Gasteiger partial charge in [0, 0.05) is 11.6 Å². The number of nitrogens with zero attached hydrogens (tertiary/aromatic N) is 1. The smallest absolute Gasteiger partial charge is 0.413 e. The minimum atomic E-state index is -1.36. The number of imidazole rings is 1. The molecule has 9 heteroatoms. The van der Waals surface area contributed by atoms with Crippen molar-refractivity contribution >= 4 is 23.1 Å². The summed E-state index contributed by atoms with van der Waals surface area (Å²) >= 11 is 0. The zero-order valence-electron chi connectivity index (χ0n) is 13.1. The Morgan fingerprint density at radius 1 is 1.24 bits per heavy atom. The highest BCUT2D eigenvalue weighted by atomic mass is 19.2. The van der Waals surface area contributed by atoms with E-state index >= 15 is 0 Å². The predicted octanol–water partition coefficient (Wildman–Crippen LogP) is 4.26. The van der Waals surface area contributed by atoms with Gasteiger partial charge in [-0.2, -0.15) is 4.39 Å². The van der Waals surface area contributed by atoms with Gasteiger partial charge in [0.2, 0.25) is 11.8 Å². The monoisotopic (exact) mass is 351 g/mol. The first-order chi connectivity index (χ1) is 11.9. The molecule has 0 aliphatic rings. The fourth-order valence-electron chi connectivity index (χ4n) is 2.19. The van der Waals surface area contributed by atoms with E-state index in [1.54, 1.807) is 12.1 Å². The van der Waals surface area contributed by atoms with Crippen LogP contribution in [-0.4, -0.2) is 23.2 Å². The van der Waals surface area contributed by atoms with Crippen LogP contribution >= 0.6 is 0 Å². The number of halogens is 3. The third kappa shape index (κ3) is 3.08. The summed E-state index contributed by atoms with van der Waals surface area (Å²) in [5.74, 6) is -4.05. The first-order valence-electron chi connectivity index (χ1n) is 7.06. The van der Waals surface area contributed by atoms with Gasteiger partial charge in [0.1, 0.15) is 11.3 Å². The highest BCUT2D eigenvalue weighted by Crippen LogP contribution is 2.34. The Hall–Kier alpha value is -3.23. The van der Waals surface area contributed by atoms with E-state index in [-0.39, 0.29) is 22.8 Å². The summed E-state index contributed by atoms with van der Waals surface area (Å²) in [6, 6.07) is 5.10. The molecule has 0 bridgehead atoms. The Labute approximate surface area is 139 Å². The zero-order chi connectivity index (χ0) is 18.1. The molecule has 2 aromatic carbocycles. The molecule has 25 heavy (non-hydrogen) atoms. The predicted molar refractivity (Wildman–Crippen MR) is 83.2 cm³/mol. The molecule has 3 rings (SSSR count). The van der Waals surface area contributed by atoms with Crippen molar-refractivity contribution in [2.45, 2.75) is 6.92 Å². The maximum atomic E-state index is 14.0. The van der Waals surface area contributed by atoms with Crippen molar-refractivity contribution in [3.05, 3.63) is 47.3 Å². The van der Waals surface area contributed by atoms with Crippen molar-refractivity contribution in [3.8, 4) is 11.5 Å². The number of hydrogen-bond acceptors (Lipinski definition) is 4. The molecular formula is C16H12F3N3O3. The van der Waals surface area contributed by atoms with Gasteiger partial charge in [-0.25, -0.2) is 18.6 Å². The number of nitrogens with one attached hydrogen (secondary N) is 2. The Bertz CT molecular complexity index is 946. The molecule has 1 aromatic heterocycles. The third-order valence-electron chi connectivity index (χ3n) is 3.45. The number of anilines is 1. The van der Waals surface area contributed by atoms with E-state index in [4.69, 9.17) is 4.74 Å². The van der Waals surface area contributed by atoms with Crippen LogP contribution in [0.5, 0.6) is 11.5 Å². The Morgan fingerprint density at radius 2 is 2.00 bits per heavy atom. The quantitative estimate of drug-likeness (QED) is 0.692. The fourth-order valence-corrected chi connectivity index (χ4v) is 2.19. The van der Waals surface area contributed by atoms with Crippen LogP contribution in [-0.2, 0) is 4.74 Å². The molecule has 1 amide bonds. The summed E-state index contributed by atoms with van der Waals surface area (Å²) in [6.45, 7) is 1.27. The number of aromatic amines is 1. The zero-order valence-corrected chi connectivity index (χ0v) is 13.1. The summed E-state index contributed by atoms with van der Waals surface area (Å²) < 4.78 is 50.9. The van der Waals surface area contributed by atoms with E-state index in [0.717, 1.165) is 0 Å². The lowest BCUT2D eigenvalue weighted by molar-refractivity contribution is 0.186. The summed E-state index contributed by atoms with van der Waals surface area (Å²) in [4.78, 5) is 18.1. The number of ether oxygens (including phenoxy) is 2. The number of H-pyrrole nitrogens is 1. The van der Waals surface area contributed by atoms with E-state index in [0.29, 0.717) is 11.6 Å². The van der Waals surface area contributed by atoms with Gasteiger partial charge in [-0.1, -0.05) is 6.07 Å². The molecule has 0 fully saturated rings. The van der Waals surface area contributed by atoms with E-state index in [1.165, 1.54) is 20.1 Å². The maximum absolute atomic E-state index is 14.0. The summed E-state index contributed by atoms with van der Waals surface area (Å²) in [5.41, 5.74) is 0.510. The van der Waals surface area contributed by atoms with Gasteiger partial charge in [0.05, 0.1) is 12.6 Å². The number of carbonyl (C=O) groups is 1. The second kappa shape index (κ2) is 6.34. The highest BCUT2D eigenvalue weighted by Gasteiger charge is 2.20. The van der Waals surface area contributed by atoms with Crippen molar-refractivity contribution in [1.29, 1.82) is 0 Å². The molecule has 0 saturated carbocycles. The highest BCUT2D eigenvalue weighted by molar-refractivity contribution is 5.88. The third-order valence-corrected chi connectivity index (χ3v) is 3.45. The molecule has 2 N–H and O–H groups in total. The van der Waals surface area contributed by atoms with Gasteiger partial charge in [-0.05, 0) is 19.1 Å². The van der Waals surface area contributed by atoms with Crippen LogP contribution in [0.1, 0.15) is 5.56 Å². The number of rotatable bonds is 3. The van der Waals surface area contributed by atoms with Crippen molar-refractivity contribution in [3.63, 3.8) is 0 Å². The van der Waals surface area contributed by atoms with Crippen molar-refractivity contribution in [2.75, 3.05) is 12.4 Å². The van der Waals surface area contributed by atoms with Crippen LogP contribution < -0.4 is 10.1 Å². The van der Waals surface area contributed by atoms with Crippen LogP contribution in [0.25, 0.3) is 11.0 Å². The molecule has 0 spiro atoms. The van der Waals surface area contributed by atoms with Gasteiger partial charge in [0.25, 0.3) is 0 Å². The number of hydrogen-bond donors (Lipinski definition) is 2. The second-order valence-corrected chi connectivity index (χ2v) is 5.06. The normalized spacial score (nSPS) is 10.8. The lowest BCUT2D eigenvalue weighted by Crippen LogP contribution is -2.11. The summed E-state index contributed by atoms with van der Waals surface area (Å²) in [6.07, 6.45) is -0.740. The number of methoxy groups -OCH3 is 1. The minimum Gasteiger partial charge on any atom is -0.453 e. The van der Waals surface area contributed by atoms with Crippen molar-refractivity contribution < 1.29 is 27.4 Å². The molecule has 6 nitrogen and oxygen atoms in total. The van der Waals surface area contributed by atoms with Gasteiger partial charge in [0.15, 0.2) is 17.3 Å². The minimum absolute atomic E-state index is 0.0543. The van der Waals surface area contributed by atoms with Crippen molar-refractivity contribution in [1.82, 2.24) is 9.97 Å². The molecule has 0 atom stereocenters. The van der Waals surface area contributed by atoms with E-state index < -0.39 is 29.3 Å². The van der Waals surface area contributed by atoms with Crippen LogP contribution in [0.3, 0.4) is 0 Å². The largest absolute Gasteiger partial charge is 0.453 e. The maximum Gasteiger partial charge on any atom is 0.413 e. The number of para-hydroxylation sites is 1. The van der Waals surface area contributed by atoms with Gasteiger partial charge < -0.3 is 14.5 Å². The van der Waals surface area contributed by atoms with Crippen LogP contribution in [0, 0.1) is 24.4 Å². The second-order valence-electron chi connectivity index (χ2n) is 5.06. The van der Waals surface area contributed by atoms with E-state index in [9.17, 15) is 18.0 Å². The van der Waals surface area contributed by atoms with Crippen LogP contribution in [0.15, 0.2) is 24.3 Å². The Balaban J connectivity index is 2.04. The van der Waals surface area contributed by atoms with Crippen molar-refractivity contribution in [2.24, 2.45) is 0 Å². The van der Waals surface area contributed by atoms with E-state index in [1.807, 2.05) is 0 Å². The number of aromatic nitrogens is 2. The summed E-state index contributed by atoms with van der Waals surface area (Å²) in [7, 11) is 1.19. The molecule has 0 aliphatic carbocycles. The average molecular weight is 351 g/mol. The molecule has 0 radical (unpaired) electrons. The Morgan fingerprint density at radius 3 is 2.72 bits per heavy atom. The Kier molecular flexibility index (Phi) is 4.22. The topological polar surface area (TPSA) is 76.2 Å². The molecule has 130 valence electrons. The molecule has 0 unspecified atom stereocenters. The molecule has 0 saturated heterocycles. The first kappa shape index (κ1) is 16.6. The van der Waals surface area contributed by atoms with Gasteiger partial charge >= 0.3 is 6.09 Å². The van der Waals surface area contributed by atoms with E-state index in [2.05, 4.69) is 20.0 Å². The number of amides is 1. The SMILES string of the molecule is COC(=O)Nc1nc2c(Oc3c(C)c(F)cc(F)c3F)cccc2[nH]1. The number of benzene rings is 2. The summed E-state index contributed by atoms with van der Waals surface area (Å²) in [5, 5.41) is 2.34. The molecule has 1 heterocycles. The van der Waals surface area contributed by atoms with Gasteiger partial charge in [-0.15, -0.1) is 0 Å². The van der Waals surface area contributed by atoms with Gasteiger partial charge in [-0.3, -0.25) is 5.32 Å². The number of carbonyl (C=O) groups excluding carboxylic acids is 1. The first-order valence-corrected chi connectivity index (χ1v) is 7.06. The molecule has 0 aliphatic heterocycles. The standard InChI is InChI=1S/C16H12F3N3O3/c1-7-8(17)6-9(18)12(19)14(7)25-11-5-3-4-10-13(11)21-15(20-10)22-16(23)24-2/h3-6H,1-2H3,(H2,20,21,22,23).